The zero-order valence-corrected chi connectivity index (χ0v) is 8.08. The second kappa shape index (κ2) is 3.54. The molecule has 1 aromatic rings. The van der Waals surface area contributed by atoms with Crippen LogP contribution in [0, 0.1) is 0 Å². The summed E-state index contributed by atoms with van der Waals surface area (Å²) in [6, 6.07) is 4.18. The second-order valence-electron chi connectivity index (χ2n) is 4.08. The third-order valence-corrected chi connectivity index (χ3v) is 3.32. The molecule has 2 nitrogen and oxygen atoms in total. The van der Waals surface area contributed by atoms with Crippen molar-refractivity contribution in [1.82, 2.24) is 4.57 Å². The van der Waals surface area contributed by atoms with Gasteiger partial charge in [0.1, 0.15) is 0 Å². The van der Waals surface area contributed by atoms with Crippen molar-refractivity contribution in [3.05, 3.63) is 24.5 Å². The molecule has 1 aromatic heterocycles. The largest absolute Gasteiger partial charge is 0.347 e. The van der Waals surface area contributed by atoms with Gasteiger partial charge in [0.25, 0.3) is 0 Å². The first kappa shape index (κ1) is 8.82. The maximum Gasteiger partial charge on any atom is 0.0561 e. The van der Waals surface area contributed by atoms with Crippen molar-refractivity contribution in [2.75, 3.05) is 6.54 Å². The van der Waals surface area contributed by atoms with Gasteiger partial charge in [-0.15, -0.1) is 0 Å². The SMILES string of the molecule is NCC1(n2cccc2)CCCCC1. The third kappa shape index (κ3) is 1.51. The van der Waals surface area contributed by atoms with Crippen LogP contribution in [0.4, 0.5) is 0 Å². The van der Waals surface area contributed by atoms with Crippen molar-refractivity contribution in [2.45, 2.75) is 37.6 Å². The van der Waals surface area contributed by atoms with Crippen molar-refractivity contribution in [2.24, 2.45) is 5.73 Å². The zero-order valence-electron chi connectivity index (χ0n) is 8.08. The van der Waals surface area contributed by atoms with Gasteiger partial charge in [-0.05, 0) is 25.0 Å². The topological polar surface area (TPSA) is 30.9 Å². The van der Waals surface area contributed by atoms with E-state index in [1.54, 1.807) is 0 Å². The lowest BCUT2D eigenvalue weighted by atomic mass is 9.81. The highest BCUT2D eigenvalue weighted by atomic mass is 15.1. The number of aromatic nitrogens is 1. The van der Waals surface area contributed by atoms with Crippen LogP contribution >= 0.6 is 0 Å². The fourth-order valence-electron chi connectivity index (χ4n) is 2.43. The van der Waals surface area contributed by atoms with Gasteiger partial charge in [0.2, 0.25) is 0 Å². The standard InChI is InChI=1S/C11H18N2/c12-10-11(6-2-1-3-7-11)13-8-4-5-9-13/h4-5,8-9H,1-3,6-7,10,12H2. The molecule has 1 heterocycles. The van der Waals surface area contributed by atoms with Crippen LogP contribution in [0.1, 0.15) is 32.1 Å². The van der Waals surface area contributed by atoms with Gasteiger partial charge >= 0.3 is 0 Å². The van der Waals surface area contributed by atoms with Crippen molar-refractivity contribution >= 4 is 0 Å². The molecule has 13 heavy (non-hydrogen) atoms. The minimum atomic E-state index is 0.238. The average Bonchev–Trinajstić information content (AvgIpc) is 2.72. The van der Waals surface area contributed by atoms with Gasteiger partial charge in [0, 0.05) is 18.9 Å². The lowest BCUT2D eigenvalue weighted by molar-refractivity contribution is 0.203. The van der Waals surface area contributed by atoms with Gasteiger partial charge in [-0.1, -0.05) is 19.3 Å². The van der Waals surface area contributed by atoms with E-state index in [1.165, 1.54) is 32.1 Å². The van der Waals surface area contributed by atoms with Crippen LogP contribution in [0.3, 0.4) is 0 Å². The molecule has 1 aliphatic rings. The molecule has 2 N–H and O–H groups in total. The maximum atomic E-state index is 5.91. The Kier molecular flexibility index (Phi) is 2.40. The van der Waals surface area contributed by atoms with Gasteiger partial charge in [-0.2, -0.15) is 0 Å². The molecule has 1 aliphatic carbocycles. The first-order chi connectivity index (χ1) is 6.37. The highest BCUT2D eigenvalue weighted by molar-refractivity contribution is 5.00. The highest BCUT2D eigenvalue weighted by Crippen LogP contribution is 2.33. The molecule has 1 saturated carbocycles. The van der Waals surface area contributed by atoms with Gasteiger partial charge < -0.3 is 10.3 Å². The lowest BCUT2D eigenvalue weighted by Crippen LogP contribution is -2.42. The maximum absolute atomic E-state index is 5.91. The van der Waals surface area contributed by atoms with Crippen molar-refractivity contribution in [3.63, 3.8) is 0 Å². The summed E-state index contributed by atoms with van der Waals surface area (Å²) in [7, 11) is 0. The Bertz CT molecular complexity index is 245. The Balaban J connectivity index is 2.23. The van der Waals surface area contributed by atoms with Gasteiger partial charge in [0.05, 0.1) is 5.54 Å². The van der Waals surface area contributed by atoms with Crippen LogP contribution in [0.25, 0.3) is 0 Å². The Hall–Kier alpha value is -0.760. The molecule has 0 unspecified atom stereocenters. The predicted molar refractivity (Wildman–Crippen MR) is 54.5 cm³/mol. The first-order valence-electron chi connectivity index (χ1n) is 5.21. The van der Waals surface area contributed by atoms with E-state index in [0.29, 0.717) is 0 Å². The second-order valence-corrected chi connectivity index (χ2v) is 4.08. The number of rotatable bonds is 2. The van der Waals surface area contributed by atoms with Crippen LogP contribution < -0.4 is 5.73 Å². The molecule has 0 atom stereocenters. The Morgan fingerprint density at radius 3 is 2.23 bits per heavy atom. The third-order valence-electron chi connectivity index (χ3n) is 3.32. The molecule has 1 fully saturated rings. The summed E-state index contributed by atoms with van der Waals surface area (Å²) in [6.45, 7) is 0.779. The van der Waals surface area contributed by atoms with Crippen LogP contribution in [0.2, 0.25) is 0 Å². The quantitative estimate of drug-likeness (QED) is 0.738. The van der Waals surface area contributed by atoms with E-state index >= 15 is 0 Å². The van der Waals surface area contributed by atoms with E-state index in [0.717, 1.165) is 6.54 Å². The minimum absolute atomic E-state index is 0.238. The van der Waals surface area contributed by atoms with Crippen molar-refractivity contribution in [3.8, 4) is 0 Å². The Morgan fingerprint density at radius 2 is 1.69 bits per heavy atom. The molecule has 0 saturated heterocycles. The summed E-state index contributed by atoms with van der Waals surface area (Å²) in [4.78, 5) is 0. The Labute approximate surface area is 79.7 Å². The molecule has 0 aromatic carbocycles. The molecular weight excluding hydrogens is 160 g/mol. The molecule has 0 spiro atoms. The number of nitrogens with two attached hydrogens (primary N) is 1. The van der Waals surface area contributed by atoms with E-state index in [4.69, 9.17) is 5.73 Å². The summed E-state index contributed by atoms with van der Waals surface area (Å²) in [5.41, 5.74) is 6.15. The summed E-state index contributed by atoms with van der Waals surface area (Å²) < 4.78 is 2.31. The number of nitrogens with zero attached hydrogens (tertiary/aromatic N) is 1. The molecule has 0 aliphatic heterocycles. The van der Waals surface area contributed by atoms with E-state index in [-0.39, 0.29) is 5.54 Å². The Morgan fingerprint density at radius 1 is 1.08 bits per heavy atom. The van der Waals surface area contributed by atoms with Crippen LogP contribution in [0.15, 0.2) is 24.5 Å². The molecule has 0 bridgehead atoms. The van der Waals surface area contributed by atoms with E-state index in [9.17, 15) is 0 Å². The monoisotopic (exact) mass is 178 g/mol. The lowest BCUT2D eigenvalue weighted by Gasteiger charge is -2.38. The molecular formula is C11H18N2. The summed E-state index contributed by atoms with van der Waals surface area (Å²) in [5.74, 6) is 0. The summed E-state index contributed by atoms with van der Waals surface area (Å²) in [6.07, 6.45) is 10.8. The number of hydrogen-bond acceptors (Lipinski definition) is 1. The van der Waals surface area contributed by atoms with E-state index in [2.05, 4.69) is 29.1 Å². The first-order valence-corrected chi connectivity index (χ1v) is 5.21. The van der Waals surface area contributed by atoms with Crippen molar-refractivity contribution in [1.29, 1.82) is 0 Å². The molecule has 2 rings (SSSR count). The minimum Gasteiger partial charge on any atom is -0.347 e. The zero-order chi connectivity index (χ0) is 9.15. The predicted octanol–water partition coefficient (Wildman–Crippen LogP) is 2.11. The highest BCUT2D eigenvalue weighted by Gasteiger charge is 2.31. The fourth-order valence-corrected chi connectivity index (χ4v) is 2.43. The molecule has 72 valence electrons. The molecule has 0 radical (unpaired) electrons. The summed E-state index contributed by atoms with van der Waals surface area (Å²) >= 11 is 0. The summed E-state index contributed by atoms with van der Waals surface area (Å²) in [5, 5.41) is 0. The van der Waals surface area contributed by atoms with Crippen LogP contribution in [-0.2, 0) is 5.54 Å². The molecule has 2 heteroatoms. The normalized spacial score (nSPS) is 21.6. The van der Waals surface area contributed by atoms with E-state index in [1.807, 2.05) is 0 Å². The van der Waals surface area contributed by atoms with Crippen LogP contribution in [-0.4, -0.2) is 11.1 Å². The number of hydrogen-bond donors (Lipinski definition) is 1. The van der Waals surface area contributed by atoms with Crippen LogP contribution in [0.5, 0.6) is 0 Å². The van der Waals surface area contributed by atoms with Crippen molar-refractivity contribution < 1.29 is 0 Å². The fraction of sp³-hybridized carbons (Fsp3) is 0.636. The van der Waals surface area contributed by atoms with Gasteiger partial charge in [-0.3, -0.25) is 0 Å². The average molecular weight is 178 g/mol. The molecule has 0 amide bonds. The smallest absolute Gasteiger partial charge is 0.0561 e. The van der Waals surface area contributed by atoms with E-state index < -0.39 is 0 Å². The van der Waals surface area contributed by atoms with Gasteiger partial charge in [-0.25, -0.2) is 0 Å². The van der Waals surface area contributed by atoms with Gasteiger partial charge in [0.15, 0.2) is 0 Å².